The molecule has 1 atom stereocenters. The van der Waals surface area contributed by atoms with Crippen LogP contribution in [0, 0.1) is 5.92 Å². The van der Waals surface area contributed by atoms with Crippen molar-refractivity contribution in [2.75, 3.05) is 20.3 Å². The van der Waals surface area contributed by atoms with Crippen molar-refractivity contribution in [3.63, 3.8) is 0 Å². The van der Waals surface area contributed by atoms with Gasteiger partial charge in [0.1, 0.15) is 6.04 Å². The topological polar surface area (TPSA) is 97.0 Å². The molecule has 0 saturated carbocycles. The van der Waals surface area contributed by atoms with E-state index < -0.39 is 17.9 Å². The molecule has 2 heterocycles. The minimum absolute atomic E-state index is 0.0841. The number of hydrazine groups is 1. The standard InChI is InChI=1S/C24H31N3O5S/c1-16(2)10-12-32-20-9-8-17(14-21(20)31-3)23(29)25-26-24(30)19-7-4-11-27(19)22(28)15-18-6-5-13-33-18/h5-6,8-9,13-14,16,19H,4,7,10-12,15H2,1-3H3,(H,25,29)(H,26,30). The molecule has 2 N–H and O–H groups in total. The number of ether oxygens (including phenoxy) is 2. The fourth-order valence-corrected chi connectivity index (χ4v) is 4.30. The lowest BCUT2D eigenvalue weighted by molar-refractivity contribution is -0.138. The van der Waals surface area contributed by atoms with Gasteiger partial charge in [0.25, 0.3) is 11.8 Å². The van der Waals surface area contributed by atoms with E-state index in [1.54, 1.807) is 23.1 Å². The van der Waals surface area contributed by atoms with Crippen LogP contribution in [0.4, 0.5) is 0 Å². The number of carbonyl (C=O) groups excluding carboxylic acids is 3. The van der Waals surface area contributed by atoms with Crippen LogP contribution < -0.4 is 20.3 Å². The molecule has 2 aromatic rings. The van der Waals surface area contributed by atoms with E-state index in [9.17, 15) is 14.4 Å². The van der Waals surface area contributed by atoms with E-state index in [2.05, 4.69) is 24.7 Å². The Hall–Kier alpha value is -3.07. The first-order valence-corrected chi connectivity index (χ1v) is 12.0. The smallest absolute Gasteiger partial charge is 0.269 e. The minimum atomic E-state index is -0.593. The average Bonchev–Trinajstić information content (AvgIpc) is 3.49. The van der Waals surface area contributed by atoms with Gasteiger partial charge in [-0.1, -0.05) is 19.9 Å². The van der Waals surface area contributed by atoms with Gasteiger partial charge in [0.05, 0.1) is 20.1 Å². The molecule has 0 radical (unpaired) electrons. The number of hydrogen-bond acceptors (Lipinski definition) is 6. The first-order chi connectivity index (χ1) is 15.9. The molecule has 1 aromatic carbocycles. The summed E-state index contributed by atoms with van der Waals surface area (Å²) in [6, 6.07) is 8.07. The Balaban J connectivity index is 1.54. The van der Waals surface area contributed by atoms with Crippen LogP contribution in [0.25, 0.3) is 0 Å². The first-order valence-electron chi connectivity index (χ1n) is 11.1. The number of rotatable bonds is 9. The highest BCUT2D eigenvalue weighted by atomic mass is 32.1. The third-order valence-corrected chi connectivity index (χ3v) is 6.34. The van der Waals surface area contributed by atoms with Crippen molar-refractivity contribution in [2.24, 2.45) is 5.92 Å². The lowest BCUT2D eigenvalue weighted by atomic mass is 10.1. The zero-order valence-electron chi connectivity index (χ0n) is 19.3. The van der Waals surface area contributed by atoms with Crippen molar-refractivity contribution in [3.8, 4) is 11.5 Å². The molecule has 1 saturated heterocycles. The molecule has 8 nitrogen and oxygen atoms in total. The Morgan fingerprint density at radius 2 is 2.00 bits per heavy atom. The van der Waals surface area contributed by atoms with E-state index in [1.807, 2.05) is 17.5 Å². The fourth-order valence-electron chi connectivity index (χ4n) is 3.61. The van der Waals surface area contributed by atoms with Gasteiger partial charge in [-0.15, -0.1) is 11.3 Å². The van der Waals surface area contributed by atoms with E-state index in [1.165, 1.54) is 18.4 Å². The molecule has 3 rings (SSSR count). The molecule has 3 amide bonds. The van der Waals surface area contributed by atoms with Gasteiger partial charge in [-0.2, -0.15) is 0 Å². The normalized spacial score (nSPS) is 15.4. The van der Waals surface area contributed by atoms with E-state index >= 15 is 0 Å². The molecular formula is C24H31N3O5S. The number of nitrogens with zero attached hydrogens (tertiary/aromatic N) is 1. The van der Waals surface area contributed by atoms with E-state index in [4.69, 9.17) is 9.47 Å². The Bertz CT molecular complexity index is 961. The quantitative estimate of drug-likeness (QED) is 0.546. The predicted molar refractivity (Wildman–Crippen MR) is 126 cm³/mol. The predicted octanol–water partition coefficient (Wildman–Crippen LogP) is 3.18. The number of benzene rings is 1. The Morgan fingerprint density at radius 3 is 2.70 bits per heavy atom. The molecule has 0 bridgehead atoms. The van der Waals surface area contributed by atoms with Gasteiger partial charge in [-0.05, 0) is 54.8 Å². The summed E-state index contributed by atoms with van der Waals surface area (Å²) in [5, 5.41) is 1.92. The highest BCUT2D eigenvalue weighted by Crippen LogP contribution is 2.28. The third-order valence-electron chi connectivity index (χ3n) is 5.46. The fraction of sp³-hybridized carbons (Fsp3) is 0.458. The average molecular weight is 474 g/mol. The van der Waals surface area contributed by atoms with Gasteiger partial charge < -0.3 is 14.4 Å². The zero-order chi connectivity index (χ0) is 23.8. The van der Waals surface area contributed by atoms with Crippen molar-refractivity contribution in [3.05, 3.63) is 46.2 Å². The van der Waals surface area contributed by atoms with Crippen molar-refractivity contribution in [2.45, 2.75) is 45.6 Å². The van der Waals surface area contributed by atoms with Crippen LogP contribution in [0.15, 0.2) is 35.7 Å². The highest BCUT2D eigenvalue weighted by Gasteiger charge is 2.34. The molecule has 178 valence electrons. The van der Waals surface area contributed by atoms with Crippen molar-refractivity contribution in [1.29, 1.82) is 0 Å². The second-order valence-corrected chi connectivity index (χ2v) is 9.37. The SMILES string of the molecule is COc1cc(C(=O)NNC(=O)C2CCCN2C(=O)Cc2cccs2)ccc1OCCC(C)C. The molecule has 0 spiro atoms. The molecule has 1 aromatic heterocycles. The Morgan fingerprint density at radius 1 is 1.18 bits per heavy atom. The number of hydrogen-bond donors (Lipinski definition) is 2. The summed E-state index contributed by atoms with van der Waals surface area (Å²) in [6.45, 7) is 5.32. The zero-order valence-corrected chi connectivity index (χ0v) is 20.1. The molecule has 1 fully saturated rings. The molecule has 1 aliphatic rings. The van der Waals surface area contributed by atoms with Gasteiger partial charge in [0.2, 0.25) is 5.91 Å². The molecule has 1 aliphatic heterocycles. The van der Waals surface area contributed by atoms with Gasteiger partial charge >= 0.3 is 0 Å². The molecule has 0 aliphatic carbocycles. The van der Waals surface area contributed by atoms with Crippen LogP contribution in [0.2, 0.25) is 0 Å². The number of thiophene rings is 1. The van der Waals surface area contributed by atoms with Gasteiger partial charge in [0.15, 0.2) is 11.5 Å². The number of nitrogens with one attached hydrogen (secondary N) is 2. The van der Waals surface area contributed by atoms with Crippen molar-refractivity contribution in [1.82, 2.24) is 15.8 Å². The van der Waals surface area contributed by atoms with Crippen LogP contribution in [-0.2, 0) is 16.0 Å². The summed E-state index contributed by atoms with van der Waals surface area (Å²) in [6.07, 6.45) is 2.50. The third kappa shape index (κ3) is 6.71. The van der Waals surface area contributed by atoms with Crippen molar-refractivity contribution >= 4 is 29.1 Å². The summed E-state index contributed by atoms with van der Waals surface area (Å²) in [4.78, 5) is 40.5. The molecule has 9 heteroatoms. The summed E-state index contributed by atoms with van der Waals surface area (Å²) in [7, 11) is 1.51. The summed E-state index contributed by atoms with van der Waals surface area (Å²) >= 11 is 1.52. The maximum atomic E-state index is 12.7. The summed E-state index contributed by atoms with van der Waals surface area (Å²) in [5.41, 5.74) is 5.22. The lowest BCUT2D eigenvalue weighted by Crippen LogP contribution is -2.51. The van der Waals surface area contributed by atoms with E-state index in [0.29, 0.717) is 42.6 Å². The molecule has 1 unspecified atom stereocenters. The molecular weight excluding hydrogens is 442 g/mol. The maximum Gasteiger partial charge on any atom is 0.269 e. The van der Waals surface area contributed by atoms with Crippen LogP contribution in [0.5, 0.6) is 11.5 Å². The number of likely N-dealkylation sites (tertiary alicyclic amines) is 1. The Labute approximate surface area is 198 Å². The van der Waals surface area contributed by atoms with Gasteiger partial charge in [-0.3, -0.25) is 25.2 Å². The summed E-state index contributed by atoms with van der Waals surface area (Å²) in [5.74, 6) is 0.555. The Kier molecular flexibility index (Phi) is 8.71. The first kappa shape index (κ1) is 24.6. The summed E-state index contributed by atoms with van der Waals surface area (Å²) < 4.78 is 11.1. The number of methoxy groups -OCH3 is 1. The van der Waals surface area contributed by atoms with E-state index in [0.717, 1.165) is 17.7 Å². The van der Waals surface area contributed by atoms with E-state index in [-0.39, 0.29) is 12.3 Å². The largest absolute Gasteiger partial charge is 0.493 e. The monoisotopic (exact) mass is 473 g/mol. The minimum Gasteiger partial charge on any atom is -0.493 e. The second-order valence-electron chi connectivity index (χ2n) is 8.34. The maximum absolute atomic E-state index is 12.7. The van der Waals surface area contributed by atoms with Gasteiger partial charge in [0, 0.05) is 17.0 Å². The second kappa shape index (κ2) is 11.7. The number of amides is 3. The van der Waals surface area contributed by atoms with Crippen LogP contribution in [0.1, 0.15) is 48.3 Å². The van der Waals surface area contributed by atoms with Crippen LogP contribution in [0.3, 0.4) is 0 Å². The van der Waals surface area contributed by atoms with Crippen molar-refractivity contribution < 1.29 is 23.9 Å². The highest BCUT2D eigenvalue weighted by molar-refractivity contribution is 7.10. The van der Waals surface area contributed by atoms with Crippen LogP contribution in [-0.4, -0.2) is 48.9 Å². The van der Waals surface area contributed by atoms with Gasteiger partial charge in [-0.25, -0.2) is 0 Å². The lowest BCUT2D eigenvalue weighted by Gasteiger charge is -2.24. The van der Waals surface area contributed by atoms with Crippen LogP contribution >= 0.6 is 11.3 Å². The number of carbonyl (C=O) groups is 3. The molecule has 33 heavy (non-hydrogen) atoms.